The molecule has 0 aromatic carbocycles. The second-order valence-electron chi connectivity index (χ2n) is 3.43. The van der Waals surface area contributed by atoms with Crippen LogP contribution in [0.4, 0.5) is 0 Å². The SMILES string of the molecule is CC(C)(CO)c1cncc(Br)c1. The van der Waals surface area contributed by atoms with Gasteiger partial charge in [0, 0.05) is 22.3 Å². The Labute approximate surface area is 80.8 Å². The lowest BCUT2D eigenvalue weighted by atomic mass is 9.87. The molecule has 2 nitrogen and oxygen atoms in total. The third-order valence-corrected chi connectivity index (χ3v) is 2.32. The number of pyridine rings is 1. The molecule has 0 aliphatic rings. The molecule has 0 radical (unpaired) electrons. The summed E-state index contributed by atoms with van der Waals surface area (Å²) in [5.74, 6) is 0. The van der Waals surface area contributed by atoms with Crippen LogP contribution in [0, 0.1) is 0 Å². The zero-order valence-corrected chi connectivity index (χ0v) is 8.80. The first-order valence-electron chi connectivity index (χ1n) is 3.78. The maximum atomic E-state index is 9.10. The van der Waals surface area contributed by atoms with E-state index in [0.717, 1.165) is 10.0 Å². The van der Waals surface area contributed by atoms with Gasteiger partial charge in [-0.1, -0.05) is 13.8 Å². The van der Waals surface area contributed by atoms with Crippen LogP contribution in [0.2, 0.25) is 0 Å². The molecule has 0 saturated carbocycles. The highest BCUT2D eigenvalue weighted by Crippen LogP contribution is 2.23. The number of aliphatic hydroxyl groups excluding tert-OH is 1. The van der Waals surface area contributed by atoms with Crippen molar-refractivity contribution in [2.75, 3.05) is 6.61 Å². The Morgan fingerprint density at radius 3 is 2.67 bits per heavy atom. The Balaban J connectivity index is 3.03. The number of hydrogen-bond acceptors (Lipinski definition) is 2. The zero-order valence-electron chi connectivity index (χ0n) is 7.21. The summed E-state index contributed by atoms with van der Waals surface area (Å²) in [6.45, 7) is 4.10. The van der Waals surface area contributed by atoms with E-state index in [1.165, 1.54) is 0 Å². The maximum absolute atomic E-state index is 9.10. The summed E-state index contributed by atoms with van der Waals surface area (Å²) in [4.78, 5) is 4.04. The van der Waals surface area contributed by atoms with Gasteiger partial charge in [-0.3, -0.25) is 4.98 Å². The second kappa shape index (κ2) is 3.54. The average molecular weight is 230 g/mol. The highest BCUT2D eigenvalue weighted by molar-refractivity contribution is 9.10. The van der Waals surface area contributed by atoms with E-state index >= 15 is 0 Å². The number of aromatic nitrogens is 1. The molecule has 1 aromatic heterocycles. The van der Waals surface area contributed by atoms with Crippen molar-refractivity contribution in [3.63, 3.8) is 0 Å². The zero-order chi connectivity index (χ0) is 9.19. The van der Waals surface area contributed by atoms with Gasteiger partial charge < -0.3 is 5.11 Å². The third-order valence-electron chi connectivity index (χ3n) is 1.88. The normalized spacial score (nSPS) is 11.7. The molecule has 1 N–H and O–H groups in total. The van der Waals surface area contributed by atoms with Crippen LogP contribution in [-0.4, -0.2) is 16.7 Å². The first kappa shape index (κ1) is 9.68. The van der Waals surface area contributed by atoms with E-state index in [1.54, 1.807) is 12.4 Å². The molecular weight excluding hydrogens is 218 g/mol. The summed E-state index contributed by atoms with van der Waals surface area (Å²) in [5.41, 5.74) is 0.830. The summed E-state index contributed by atoms with van der Waals surface area (Å²) in [7, 11) is 0. The fraction of sp³-hybridized carbons (Fsp3) is 0.444. The van der Waals surface area contributed by atoms with Crippen LogP contribution >= 0.6 is 15.9 Å². The summed E-state index contributed by atoms with van der Waals surface area (Å²) >= 11 is 3.34. The Morgan fingerprint density at radius 1 is 1.50 bits per heavy atom. The van der Waals surface area contributed by atoms with Gasteiger partial charge in [0.2, 0.25) is 0 Å². The quantitative estimate of drug-likeness (QED) is 0.844. The first-order chi connectivity index (χ1) is 5.56. The van der Waals surface area contributed by atoms with Crippen LogP contribution in [-0.2, 0) is 5.41 Å². The minimum Gasteiger partial charge on any atom is -0.395 e. The van der Waals surface area contributed by atoms with Gasteiger partial charge in [0.15, 0.2) is 0 Å². The number of hydrogen-bond donors (Lipinski definition) is 1. The van der Waals surface area contributed by atoms with Crippen molar-refractivity contribution in [1.29, 1.82) is 0 Å². The molecule has 0 unspecified atom stereocenters. The molecule has 0 saturated heterocycles. The van der Waals surface area contributed by atoms with Gasteiger partial charge in [-0.25, -0.2) is 0 Å². The molecule has 0 fully saturated rings. The van der Waals surface area contributed by atoms with Crippen molar-refractivity contribution in [3.8, 4) is 0 Å². The van der Waals surface area contributed by atoms with Crippen LogP contribution in [0.25, 0.3) is 0 Å². The molecule has 12 heavy (non-hydrogen) atoms. The van der Waals surface area contributed by atoms with E-state index in [9.17, 15) is 0 Å². The average Bonchev–Trinajstić information content (AvgIpc) is 2.05. The second-order valence-corrected chi connectivity index (χ2v) is 4.35. The van der Waals surface area contributed by atoms with Crippen molar-refractivity contribution >= 4 is 15.9 Å². The highest BCUT2D eigenvalue weighted by Gasteiger charge is 2.19. The van der Waals surface area contributed by atoms with Crippen LogP contribution in [0.3, 0.4) is 0 Å². The fourth-order valence-corrected chi connectivity index (χ4v) is 1.24. The maximum Gasteiger partial charge on any atom is 0.0523 e. The van der Waals surface area contributed by atoms with Crippen LogP contribution < -0.4 is 0 Å². The number of rotatable bonds is 2. The number of nitrogens with zero attached hydrogens (tertiary/aromatic N) is 1. The predicted molar refractivity (Wildman–Crippen MR) is 52.0 cm³/mol. The summed E-state index contributed by atoms with van der Waals surface area (Å²) in [6.07, 6.45) is 3.51. The van der Waals surface area contributed by atoms with Gasteiger partial charge in [-0.2, -0.15) is 0 Å². The van der Waals surface area contributed by atoms with Gasteiger partial charge in [0.25, 0.3) is 0 Å². The molecular formula is C9H12BrNO. The lowest BCUT2D eigenvalue weighted by Crippen LogP contribution is -2.22. The molecule has 0 atom stereocenters. The van der Waals surface area contributed by atoms with E-state index in [-0.39, 0.29) is 12.0 Å². The Hall–Kier alpha value is -0.410. The van der Waals surface area contributed by atoms with E-state index in [4.69, 9.17) is 5.11 Å². The van der Waals surface area contributed by atoms with Gasteiger partial charge in [0.05, 0.1) is 6.61 Å². The van der Waals surface area contributed by atoms with Gasteiger partial charge >= 0.3 is 0 Å². The van der Waals surface area contributed by atoms with E-state index in [1.807, 2.05) is 19.9 Å². The molecule has 0 spiro atoms. The topological polar surface area (TPSA) is 33.1 Å². The van der Waals surface area contributed by atoms with Crippen molar-refractivity contribution in [3.05, 3.63) is 28.5 Å². The number of aliphatic hydroxyl groups is 1. The highest BCUT2D eigenvalue weighted by atomic mass is 79.9. The van der Waals surface area contributed by atoms with Crippen molar-refractivity contribution in [2.24, 2.45) is 0 Å². The molecule has 66 valence electrons. The largest absolute Gasteiger partial charge is 0.395 e. The Morgan fingerprint density at radius 2 is 2.17 bits per heavy atom. The molecule has 1 heterocycles. The smallest absolute Gasteiger partial charge is 0.0523 e. The van der Waals surface area contributed by atoms with Gasteiger partial charge in [0.1, 0.15) is 0 Å². The summed E-state index contributed by atoms with van der Waals surface area (Å²) < 4.78 is 0.946. The lowest BCUT2D eigenvalue weighted by molar-refractivity contribution is 0.218. The van der Waals surface area contributed by atoms with E-state index in [2.05, 4.69) is 20.9 Å². The van der Waals surface area contributed by atoms with Crippen molar-refractivity contribution in [1.82, 2.24) is 4.98 Å². The van der Waals surface area contributed by atoms with E-state index in [0.29, 0.717) is 0 Å². The summed E-state index contributed by atoms with van der Waals surface area (Å²) in [6, 6.07) is 1.98. The fourth-order valence-electron chi connectivity index (χ4n) is 0.873. The van der Waals surface area contributed by atoms with Gasteiger partial charge in [-0.05, 0) is 27.6 Å². The minimum absolute atomic E-state index is 0.130. The number of halogens is 1. The van der Waals surface area contributed by atoms with Crippen molar-refractivity contribution in [2.45, 2.75) is 19.3 Å². The lowest BCUT2D eigenvalue weighted by Gasteiger charge is -2.21. The Bertz CT molecular complexity index is 273. The monoisotopic (exact) mass is 229 g/mol. The molecule has 3 heteroatoms. The molecule has 0 bridgehead atoms. The van der Waals surface area contributed by atoms with E-state index < -0.39 is 0 Å². The molecule has 0 aliphatic heterocycles. The molecule has 0 aliphatic carbocycles. The predicted octanol–water partition coefficient (Wildman–Crippen LogP) is 2.11. The minimum atomic E-state index is -0.212. The van der Waals surface area contributed by atoms with Crippen LogP contribution in [0.15, 0.2) is 22.9 Å². The first-order valence-corrected chi connectivity index (χ1v) is 4.57. The standard InChI is InChI=1S/C9H12BrNO/c1-9(2,6-12)7-3-8(10)5-11-4-7/h3-5,12H,6H2,1-2H3. The molecule has 1 aromatic rings. The third kappa shape index (κ3) is 2.05. The summed E-state index contributed by atoms with van der Waals surface area (Å²) in [5, 5.41) is 9.10. The molecule has 1 rings (SSSR count). The van der Waals surface area contributed by atoms with Gasteiger partial charge in [-0.15, -0.1) is 0 Å². The molecule has 0 amide bonds. The van der Waals surface area contributed by atoms with Crippen LogP contribution in [0.5, 0.6) is 0 Å². The Kier molecular flexibility index (Phi) is 2.85. The van der Waals surface area contributed by atoms with Crippen molar-refractivity contribution < 1.29 is 5.11 Å². The van der Waals surface area contributed by atoms with Crippen LogP contribution in [0.1, 0.15) is 19.4 Å².